The van der Waals surface area contributed by atoms with Crippen LogP contribution in [-0.4, -0.2) is 48.9 Å². The van der Waals surface area contributed by atoms with E-state index in [0.29, 0.717) is 5.56 Å². The number of aromatic nitrogens is 1. The van der Waals surface area contributed by atoms with Gasteiger partial charge >= 0.3 is 0 Å². The molecule has 96 valence electrons. The van der Waals surface area contributed by atoms with Crippen LogP contribution in [0.5, 0.6) is 0 Å². The van der Waals surface area contributed by atoms with Gasteiger partial charge in [0, 0.05) is 19.6 Å². The second kappa shape index (κ2) is 5.83. The first-order valence-corrected chi connectivity index (χ1v) is 6.11. The van der Waals surface area contributed by atoms with Crippen molar-refractivity contribution < 1.29 is 4.79 Å². The van der Waals surface area contributed by atoms with Crippen LogP contribution in [0.1, 0.15) is 17.3 Å². The number of nitrogen functional groups attached to an aromatic ring is 1. The van der Waals surface area contributed by atoms with E-state index < -0.39 is 0 Å². The zero-order valence-electron chi connectivity index (χ0n) is 10.6. The van der Waals surface area contributed by atoms with Gasteiger partial charge in [-0.3, -0.25) is 4.79 Å². The van der Waals surface area contributed by atoms with Crippen molar-refractivity contribution in [3.05, 3.63) is 5.56 Å². The van der Waals surface area contributed by atoms with E-state index in [1.165, 1.54) is 11.5 Å². The summed E-state index contributed by atoms with van der Waals surface area (Å²) in [5.74, 6) is 0.0599. The predicted octanol–water partition coefficient (Wildman–Crippen LogP) is 0.447. The highest BCUT2D eigenvalue weighted by Crippen LogP contribution is 2.27. The van der Waals surface area contributed by atoms with Gasteiger partial charge in [0.2, 0.25) is 0 Å². The fourth-order valence-corrected chi connectivity index (χ4v) is 2.39. The molecule has 1 unspecified atom stereocenters. The smallest absolute Gasteiger partial charge is 0.257 e. The number of likely N-dealkylation sites (N-methyl/N-ethyl adjacent to an activating group) is 1. The first kappa shape index (κ1) is 13.7. The highest BCUT2D eigenvalue weighted by atomic mass is 32.1. The molecule has 4 N–H and O–H groups in total. The lowest BCUT2D eigenvalue weighted by Gasteiger charge is -2.18. The Morgan fingerprint density at radius 2 is 2.24 bits per heavy atom. The number of carbonyl (C=O) groups excluding carboxylic acids is 1. The van der Waals surface area contributed by atoms with Crippen LogP contribution in [-0.2, 0) is 0 Å². The van der Waals surface area contributed by atoms with Gasteiger partial charge in [0.05, 0.1) is 0 Å². The summed E-state index contributed by atoms with van der Waals surface area (Å²) in [5.41, 5.74) is 6.12. The number of rotatable bonds is 5. The van der Waals surface area contributed by atoms with Gasteiger partial charge in [-0.15, -0.1) is 0 Å². The molecular weight excluding hydrogens is 238 g/mol. The summed E-state index contributed by atoms with van der Waals surface area (Å²) in [4.78, 5) is 13.7. The topological polar surface area (TPSA) is 83.3 Å². The monoisotopic (exact) mass is 257 g/mol. The van der Waals surface area contributed by atoms with Crippen molar-refractivity contribution in [3.63, 3.8) is 0 Å². The Hall–Kier alpha value is -1.34. The zero-order valence-corrected chi connectivity index (χ0v) is 11.4. The maximum atomic E-state index is 11.6. The second-order valence-electron chi connectivity index (χ2n) is 4.16. The molecule has 1 aromatic heterocycles. The zero-order chi connectivity index (χ0) is 13.0. The molecule has 1 rings (SSSR count). The first-order valence-electron chi connectivity index (χ1n) is 5.34. The van der Waals surface area contributed by atoms with Gasteiger partial charge in [-0.1, -0.05) is 0 Å². The van der Waals surface area contributed by atoms with Gasteiger partial charge in [0.25, 0.3) is 5.91 Å². The lowest BCUT2D eigenvalue weighted by Crippen LogP contribution is -2.30. The van der Waals surface area contributed by atoms with Gasteiger partial charge in [0.15, 0.2) is 5.82 Å². The van der Waals surface area contributed by atoms with Crippen molar-refractivity contribution in [1.29, 1.82) is 0 Å². The van der Waals surface area contributed by atoms with Gasteiger partial charge in [-0.2, -0.15) is 4.37 Å². The van der Waals surface area contributed by atoms with Gasteiger partial charge in [-0.25, -0.2) is 0 Å². The molecule has 0 aromatic carbocycles. The Labute approximate surface area is 105 Å². The maximum Gasteiger partial charge on any atom is 0.257 e. The molecule has 0 saturated carbocycles. The van der Waals surface area contributed by atoms with E-state index in [2.05, 4.69) is 19.9 Å². The number of nitrogens with two attached hydrogens (primary N) is 1. The Kier molecular flexibility index (Phi) is 4.71. The third-order valence-electron chi connectivity index (χ3n) is 2.19. The van der Waals surface area contributed by atoms with Crippen LogP contribution < -0.4 is 16.4 Å². The van der Waals surface area contributed by atoms with E-state index in [-0.39, 0.29) is 17.8 Å². The molecule has 0 aliphatic rings. The summed E-state index contributed by atoms with van der Waals surface area (Å²) in [5, 5.41) is 6.53. The van der Waals surface area contributed by atoms with E-state index in [9.17, 15) is 4.79 Å². The summed E-state index contributed by atoms with van der Waals surface area (Å²) in [6.45, 7) is 2.91. The van der Waals surface area contributed by atoms with Crippen LogP contribution in [0.25, 0.3) is 0 Å². The van der Waals surface area contributed by atoms with Gasteiger partial charge in [-0.05, 0) is 32.6 Å². The van der Waals surface area contributed by atoms with Crippen molar-refractivity contribution in [3.8, 4) is 0 Å². The van der Waals surface area contributed by atoms with Crippen LogP contribution >= 0.6 is 11.5 Å². The first-order chi connectivity index (χ1) is 7.95. The van der Waals surface area contributed by atoms with E-state index in [4.69, 9.17) is 5.73 Å². The Morgan fingerprint density at radius 1 is 1.59 bits per heavy atom. The van der Waals surface area contributed by atoms with Crippen LogP contribution in [0.4, 0.5) is 10.8 Å². The number of amides is 1. The molecule has 17 heavy (non-hydrogen) atoms. The van der Waals surface area contributed by atoms with Crippen molar-refractivity contribution >= 4 is 28.3 Å². The lowest BCUT2D eigenvalue weighted by molar-refractivity contribution is 0.0965. The molecule has 1 heterocycles. The van der Waals surface area contributed by atoms with Crippen molar-refractivity contribution in [2.45, 2.75) is 13.0 Å². The standard InChI is InChI=1S/C10H19N5OS/c1-6(5-15(3)4)13-10-7(9(16)12-2)8(11)14-17-10/h6,13H,5H2,1-4H3,(H2,11,14)(H,12,16). The Bertz CT molecular complexity index is 390. The lowest BCUT2D eigenvalue weighted by atomic mass is 10.2. The molecule has 1 amide bonds. The molecule has 0 aliphatic heterocycles. The van der Waals surface area contributed by atoms with Crippen LogP contribution in [0, 0.1) is 0 Å². The largest absolute Gasteiger partial charge is 0.382 e. The number of nitrogens with zero attached hydrogens (tertiary/aromatic N) is 2. The number of carbonyl (C=O) groups is 1. The second-order valence-corrected chi connectivity index (χ2v) is 4.93. The highest BCUT2D eigenvalue weighted by Gasteiger charge is 2.19. The van der Waals surface area contributed by atoms with Crippen molar-refractivity contribution in [1.82, 2.24) is 14.6 Å². The summed E-state index contributed by atoms with van der Waals surface area (Å²) >= 11 is 1.21. The minimum Gasteiger partial charge on any atom is -0.382 e. The number of nitrogens with one attached hydrogen (secondary N) is 2. The van der Waals surface area contributed by atoms with E-state index in [1.54, 1.807) is 7.05 Å². The van der Waals surface area contributed by atoms with Gasteiger partial charge < -0.3 is 21.3 Å². The minimum absolute atomic E-state index is 0.212. The average Bonchev–Trinajstić information content (AvgIpc) is 2.57. The summed E-state index contributed by atoms with van der Waals surface area (Å²) in [6, 6.07) is 0.216. The molecule has 0 spiro atoms. The molecule has 0 radical (unpaired) electrons. The number of hydrogen-bond acceptors (Lipinski definition) is 6. The molecule has 7 heteroatoms. The van der Waals surface area contributed by atoms with E-state index >= 15 is 0 Å². The molecule has 1 atom stereocenters. The third kappa shape index (κ3) is 3.57. The van der Waals surface area contributed by atoms with Crippen LogP contribution in [0.3, 0.4) is 0 Å². The molecular formula is C10H19N5OS. The Balaban J connectivity index is 2.81. The normalized spacial score (nSPS) is 12.5. The van der Waals surface area contributed by atoms with Gasteiger partial charge in [0.1, 0.15) is 10.6 Å². The quantitative estimate of drug-likeness (QED) is 0.713. The fraction of sp³-hybridized carbons (Fsp3) is 0.600. The fourth-order valence-electron chi connectivity index (χ4n) is 1.56. The van der Waals surface area contributed by atoms with Crippen LogP contribution in [0.15, 0.2) is 0 Å². The predicted molar refractivity (Wildman–Crippen MR) is 71.6 cm³/mol. The average molecular weight is 257 g/mol. The molecule has 0 aliphatic carbocycles. The number of hydrogen-bond donors (Lipinski definition) is 3. The summed E-state index contributed by atoms with van der Waals surface area (Å²) in [6.07, 6.45) is 0. The highest BCUT2D eigenvalue weighted by molar-refractivity contribution is 7.11. The SMILES string of the molecule is CNC(=O)c1c(N)nsc1NC(C)CN(C)C. The molecule has 0 bridgehead atoms. The molecule has 1 aromatic rings. The minimum atomic E-state index is -0.212. The third-order valence-corrected chi connectivity index (χ3v) is 2.98. The summed E-state index contributed by atoms with van der Waals surface area (Å²) in [7, 11) is 5.57. The molecule has 0 saturated heterocycles. The summed E-state index contributed by atoms with van der Waals surface area (Å²) < 4.78 is 4.00. The van der Waals surface area contributed by atoms with Crippen molar-refractivity contribution in [2.24, 2.45) is 0 Å². The molecule has 6 nitrogen and oxygen atoms in total. The maximum absolute atomic E-state index is 11.6. The van der Waals surface area contributed by atoms with E-state index in [0.717, 1.165) is 11.5 Å². The van der Waals surface area contributed by atoms with E-state index in [1.807, 2.05) is 21.0 Å². The number of anilines is 2. The van der Waals surface area contributed by atoms with Crippen molar-refractivity contribution in [2.75, 3.05) is 38.7 Å². The van der Waals surface area contributed by atoms with Crippen LogP contribution in [0.2, 0.25) is 0 Å². The Morgan fingerprint density at radius 3 is 2.76 bits per heavy atom. The molecule has 0 fully saturated rings.